The number of nitrogens with one attached hydrogen (secondary N) is 2. The highest BCUT2D eigenvalue weighted by molar-refractivity contribution is 7.93. The fourth-order valence-electron chi connectivity index (χ4n) is 2.11. The summed E-state index contributed by atoms with van der Waals surface area (Å²) >= 11 is 0. The number of carboxylic acid groups (broad SMARTS) is 1. The molecule has 3 N–H and O–H groups in total. The molecule has 1 saturated heterocycles. The predicted molar refractivity (Wildman–Crippen MR) is 68.9 cm³/mol. The van der Waals surface area contributed by atoms with Gasteiger partial charge in [0.05, 0.1) is 10.9 Å². The van der Waals surface area contributed by atoms with Crippen molar-refractivity contribution in [1.29, 1.82) is 0 Å². The molecule has 0 amide bonds. The standard InChI is InChI=1S/C11H16N2O5S/c1-7-10(11(14)15)9(6-12-7)13-19(16,17)8-2-4-18-5-3-8/h6,8,12-13H,2-5H2,1H3,(H,14,15). The van der Waals surface area contributed by atoms with Crippen LogP contribution in [0.3, 0.4) is 0 Å². The number of hydrogen-bond donors (Lipinski definition) is 3. The van der Waals surface area contributed by atoms with Crippen molar-refractivity contribution in [2.75, 3.05) is 17.9 Å². The Morgan fingerprint density at radius 3 is 2.68 bits per heavy atom. The number of anilines is 1. The minimum atomic E-state index is -3.59. The van der Waals surface area contributed by atoms with E-state index < -0.39 is 21.2 Å². The van der Waals surface area contributed by atoms with E-state index in [2.05, 4.69) is 9.71 Å². The zero-order chi connectivity index (χ0) is 14.0. The molecule has 0 spiro atoms. The lowest BCUT2D eigenvalue weighted by Gasteiger charge is -2.22. The highest BCUT2D eigenvalue weighted by Gasteiger charge is 2.29. The van der Waals surface area contributed by atoms with Gasteiger partial charge in [-0.2, -0.15) is 0 Å². The molecule has 0 unspecified atom stereocenters. The molecule has 0 atom stereocenters. The smallest absolute Gasteiger partial charge is 0.339 e. The van der Waals surface area contributed by atoms with Gasteiger partial charge >= 0.3 is 5.97 Å². The first-order chi connectivity index (χ1) is 8.92. The summed E-state index contributed by atoms with van der Waals surface area (Å²) in [5, 5.41) is 8.52. The second kappa shape index (κ2) is 5.22. The number of aryl methyl sites for hydroxylation is 1. The fraction of sp³-hybridized carbons (Fsp3) is 0.545. The third-order valence-electron chi connectivity index (χ3n) is 3.15. The Labute approximate surface area is 111 Å². The summed E-state index contributed by atoms with van der Waals surface area (Å²) in [6, 6.07) is 0. The number of carbonyl (C=O) groups is 1. The highest BCUT2D eigenvalue weighted by Crippen LogP contribution is 2.24. The summed E-state index contributed by atoms with van der Waals surface area (Å²) < 4.78 is 31.8. The summed E-state index contributed by atoms with van der Waals surface area (Å²) in [5.41, 5.74) is 0.448. The number of ether oxygens (including phenoxy) is 1. The Morgan fingerprint density at radius 2 is 2.11 bits per heavy atom. The number of H-pyrrole nitrogens is 1. The van der Waals surface area contributed by atoms with Crippen LogP contribution >= 0.6 is 0 Å². The van der Waals surface area contributed by atoms with E-state index in [1.807, 2.05) is 0 Å². The van der Waals surface area contributed by atoms with Crippen molar-refractivity contribution in [3.05, 3.63) is 17.5 Å². The van der Waals surface area contributed by atoms with E-state index in [9.17, 15) is 13.2 Å². The normalized spacial score (nSPS) is 17.3. The van der Waals surface area contributed by atoms with Crippen LogP contribution < -0.4 is 4.72 Å². The van der Waals surface area contributed by atoms with Crippen LogP contribution in [0.25, 0.3) is 0 Å². The van der Waals surface area contributed by atoms with E-state index in [-0.39, 0.29) is 11.3 Å². The maximum Gasteiger partial charge on any atom is 0.339 e. The number of aromatic nitrogens is 1. The van der Waals surface area contributed by atoms with Crippen molar-refractivity contribution < 1.29 is 23.1 Å². The van der Waals surface area contributed by atoms with Crippen molar-refractivity contribution in [3.63, 3.8) is 0 Å². The molecule has 7 nitrogen and oxygen atoms in total. The van der Waals surface area contributed by atoms with Gasteiger partial charge in [0, 0.05) is 25.1 Å². The van der Waals surface area contributed by atoms with Crippen molar-refractivity contribution in [2.45, 2.75) is 25.0 Å². The van der Waals surface area contributed by atoms with Gasteiger partial charge in [-0.25, -0.2) is 13.2 Å². The quantitative estimate of drug-likeness (QED) is 0.764. The first-order valence-electron chi connectivity index (χ1n) is 5.92. The topological polar surface area (TPSA) is 108 Å². The minimum absolute atomic E-state index is 0.0457. The molecule has 0 saturated carbocycles. The molecule has 106 valence electrons. The number of hydrogen-bond acceptors (Lipinski definition) is 4. The van der Waals surface area contributed by atoms with Crippen LogP contribution in [0.5, 0.6) is 0 Å². The second-order valence-electron chi connectivity index (χ2n) is 4.47. The van der Waals surface area contributed by atoms with Crippen LogP contribution in [0.4, 0.5) is 5.69 Å². The van der Waals surface area contributed by atoms with Crippen LogP contribution in [0.1, 0.15) is 28.9 Å². The van der Waals surface area contributed by atoms with Gasteiger partial charge in [0.2, 0.25) is 10.0 Å². The SMILES string of the molecule is Cc1[nH]cc(NS(=O)(=O)C2CCOCC2)c1C(=O)O. The van der Waals surface area contributed by atoms with Crippen molar-refractivity contribution >= 4 is 21.7 Å². The Kier molecular flexibility index (Phi) is 3.81. The molecule has 19 heavy (non-hydrogen) atoms. The molecule has 1 aliphatic rings. The minimum Gasteiger partial charge on any atom is -0.478 e. The zero-order valence-electron chi connectivity index (χ0n) is 10.5. The number of carboxylic acids is 1. The third-order valence-corrected chi connectivity index (χ3v) is 5.00. The predicted octanol–water partition coefficient (Wildman–Crippen LogP) is 0.942. The molecule has 0 aliphatic carbocycles. The van der Waals surface area contributed by atoms with E-state index in [0.29, 0.717) is 31.7 Å². The summed E-state index contributed by atoms with van der Waals surface area (Å²) in [4.78, 5) is 13.8. The maximum atomic E-state index is 12.2. The molecule has 1 aromatic rings. The first-order valence-corrected chi connectivity index (χ1v) is 7.47. The maximum absolute atomic E-state index is 12.2. The number of sulfonamides is 1. The van der Waals surface area contributed by atoms with Gasteiger partial charge in [-0.1, -0.05) is 0 Å². The fourth-order valence-corrected chi connectivity index (χ4v) is 3.55. The third kappa shape index (κ3) is 2.90. The number of aromatic amines is 1. The van der Waals surface area contributed by atoms with E-state index >= 15 is 0 Å². The summed E-state index contributed by atoms with van der Waals surface area (Å²) in [5.74, 6) is -1.16. The van der Waals surface area contributed by atoms with Gasteiger partial charge in [0.15, 0.2) is 0 Å². The summed E-state index contributed by atoms with van der Waals surface area (Å²) in [7, 11) is -3.59. The average molecular weight is 288 g/mol. The average Bonchev–Trinajstić information content (AvgIpc) is 2.71. The Balaban J connectivity index is 2.23. The number of aromatic carboxylic acids is 1. The molecular formula is C11H16N2O5S. The molecular weight excluding hydrogens is 272 g/mol. The van der Waals surface area contributed by atoms with E-state index in [1.165, 1.54) is 6.20 Å². The Bertz CT molecular complexity index is 572. The van der Waals surface area contributed by atoms with Gasteiger partial charge in [-0.15, -0.1) is 0 Å². The monoisotopic (exact) mass is 288 g/mol. The molecule has 0 aromatic carbocycles. The molecule has 0 bridgehead atoms. The van der Waals surface area contributed by atoms with E-state index in [1.54, 1.807) is 6.92 Å². The summed E-state index contributed by atoms with van der Waals surface area (Å²) in [6.45, 7) is 2.39. The first kappa shape index (κ1) is 13.9. The van der Waals surface area contributed by atoms with Crippen LogP contribution in [0, 0.1) is 6.92 Å². The molecule has 1 aromatic heterocycles. The molecule has 0 radical (unpaired) electrons. The molecule has 1 aliphatic heterocycles. The van der Waals surface area contributed by atoms with Crippen LogP contribution in [0.15, 0.2) is 6.20 Å². The Hall–Kier alpha value is -1.54. The van der Waals surface area contributed by atoms with Crippen molar-refractivity contribution in [1.82, 2.24) is 4.98 Å². The van der Waals surface area contributed by atoms with Crippen LogP contribution in [0.2, 0.25) is 0 Å². The molecule has 2 heterocycles. The van der Waals surface area contributed by atoms with E-state index in [4.69, 9.17) is 9.84 Å². The van der Waals surface area contributed by atoms with Gasteiger partial charge in [-0.05, 0) is 19.8 Å². The lowest BCUT2D eigenvalue weighted by atomic mass is 10.2. The molecule has 2 rings (SSSR count). The van der Waals surface area contributed by atoms with Crippen LogP contribution in [-0.4, -0.2) is 42.9 Å². The van der Waals surface area contributed by atoms with Gasteiger partial charge < -0.3 is 14.8 Å². The van der Waals surface area contributed by atoms with Crippen molar-refractivity contribution in [2.24, 2.45) is 0 Å². The largest absolute Gasteiger partial charge is 0.478 e. The Morgan fingerprint density at radius 1 is 1.47 bits per heavy atom. The lowest BCUT2D eigenvalue weighted by Crippen LogP contribution is -2.33. The van der Waals surface area contributed by atoms with Crippen LogP contribution in [-0.2, 0) is 14.8 Å². The highest BCUT2D eigenvalue weighted by atomic mass is 32.2. The number of rotatable bonds is 4. The van der Waals surface area contributed by atoms with Crippen molar-refractivity contribution in [3.8, 4) is 0 Å². The zero-order valence-corrected chi connectivity index (χ0v) is 11.3. The lowest BCUT2D eigenvalue weighted by molar-refractivity contribution is 0.0697. The van der Waals surface area contributed by atoms with Gasteiger partial charge in [0.1, 0.15) is 5.56 Å². The van der Waals surface area contributed by atoms with Gasteiger partial charge in [-0.3, -0.25) is 4.72 Å². The molecule has 1 fully saturated rings. The van der Waals surface area contributed by atoms with E-state index in [0.717, 1.165) is 0 Å². The second-order valence-corrected chi connectivity index (χ2v) is 6.43. The summed E-state index contributed by atoms with van der Waals surface area (Å²) in [6.07, 6.45) is 2.19. The van der Waals surface area contributed by atoms with Gasteiger partial charge in [0.25, 0.3) is 0 Å². The molecule has 8 heteroatoms.